The third kappa shape index (κ3) is 6.38. The first-order valence-corrected chi connectivity index (χ1v) is 23.8. The average molecular weight is 895 g/mol. The Bertz CT molecular complexity index is 4150. The molecule has 70 heavy (non-hydrogen) atoms. The second-order valence-electron chi connectivity index (χ2n) is 18.0. The molecular formula is C66H42N2O2. The summed E-state index contributed by atoms with van der Waals surface area (Å²) in [5.74, 6) is 1.63. The van der Waals surface area contributed by atoms with Gasteiger partial charge in [-0.25, -0.2) is 0 Å². The molecule has 0 saturated carbocycles. The third-order valence-electron chi connectivity index (χ3n) is 14.0. The molecule has 12 aromatic carbocycles. The summed E-state index contributed by atoms with van der Waals surface area (Å²) in [4.78, 5) is 4.72. The Morgan fingerprint density at radius 3 is 1.67 bits per heavy atom. The van der Waals surface area contributed by atoms with Gasteiger partial charge in [-0.05, 0) is 117 Å². The van der Waals surface area contributed by atoms with Crippen molar-refractivity contribution in [1.29, 1.82) is 0 Å². The fraction of sp³-hybridized carbons (Fsp3) is 0. The van der Waals surface area contributed by atoms with Crippen molar-refractivity contribution in [2.45, 2.75) is 0 Å². The van der Waals surface area contributed by atoms with E-state index in [0.717, 1.165) is 101 Å². The van der Waals surface area contributed by atoms with Gasteiger partial charge < -0.3 is 19.0 Å². The summed E-state index contributed by atoms with van der Waals surface area (Å²) in [6.45, 7) is 0. The zero-order chi connectivity index (χ0) is 46.1. The fourth-order valence-corrected chi connectivity index (χ4v) is 10.8. The summed E-state index contributed by atoms with van der Waals surface area (Å²) < 4.78 is 13.8. The van der Waals surface area contributed by atoms with Crippen molar-refractivity contribution in [2.75, 3.05) is 9.80 Å². The molecule has 0 bridgehead atoms. The summed E-state index contributed by atoms with van der Waals surface area (Å²) in [5.41, 5.74) is 14.7. The van der Waals surface area contributed by atoms with Gasteiger partial charge in [-0.15, -0.1) is 0 Å². The average Bonchev–Trinajstić information content (AvgIpc) is 3.82. The molecule has 0 fully saturated rings. The van der Waals surface area contributed by atoms with Gasteiger partial charge in [0.05, 0.1) is 22.7 Å². The first-order valence-electron chi connectivity index (χ1n) is 23.8. The molecule has 14 rings (SSSR count). The number of ether oxygens (including phenoxy) is 1. The zero-order valence-electron chi connectivity index (χ0n) is 38.0. The SMILES string of the molecule is c1ccc(-c2ccc(N(c3ccccc3)c3cc4c5cccc6c5c(cc4c4ccccc34)-c3ccc(N(c4ccccc4-c4ccccc4)c4cccc5c4oc4ccccc45)cc3O6)cc2)cc1. The van der Waals surface area contributed by atoms with Crippen LogP contribution in [0.15, 0.2) is 259 Å². The molecule has 1 aliphatic heterocycles. The van der Waals surface area contributed by atoms with Gasteiger partial charge in [0.15, 0.2) is 5.58 Å². The van der Waals surface area contributed by atoms with Crippen molar-refractivity contribution < 1.29 is 9.15 Å². The molecule has 2 heterocycles. The van der Waals surface area contributed by atoms with E-state index in [1.807, 2.05) is 12.1 Å². The third-order valence-corrected chi connectivity index (χ3v) is 14.0. The lowest BCUT2D eigenvalue weighted by Gasteiger charge is -2.30. The van der Waals surface area contributed by atoms with Gasteiger partial charge in [0, 0.05) is 50.1 Å². The Balaban J connectivity index is 0.960. The predicted molar refractivity (Wildman–Crippen MR) is 292 cm³/mol. The smallest absolute Gasteiger partial charge is 0.159 e. The Kier molecular flexibility index (Phi) is 9.17. The monoisotopic (exact) mass is 894 g/mol. The largest absolute Gasteiger partial charge is 0.456 e. The van der Waals surface area contributed by atoms with Crippen LogP contribution in [0.5, 0.6) is 11.5 Å². The number of para-hydroxylation sites is 4. The van der Waals surface area contributed by atoms with E-state index in [0.29, 0.717) is 0 Å². The van der Waals surface area contributed by atoms with Gasteiger partial charge in [0.2, 0.25) is 0 Å². The summed E-state index contributed by atoms with van der Waals surface area (Å²) in [6, 6.07) is 90.9. The molecule has 4 heteroatoms. The van der Waals surface area contributed by atoms with Crippen LogP contribution in [-0.2, 0) is 0 Å². The van der Waals surface area contributed by atoms with Crippen molar-refractivity contribution in [2.24, 2.45) is 0 Å². The maximum Gasteiger partial charge on any atom is 0.159 e. The standard InChI is InChI=1S/C66H42N2O2/c1-4-18-43(19-5-1)44-34-36-47(37-35-44)67(46-22-8-3-9-23-46)61-42-57-54-28-17-33-63-65(54)58(41-56(57)50-25-10-11-26-51(50)61)53-39-38-48(40-64(53)69-63)68(59-30-14-12-24-49(59)45-20-6-2-7-21-45)60-31-16-29-55-52-27-13-15-32-62(52)70-66(55)60/h1-42H. The fourth-order valence-electron chi connectivity index (χ4n) is 10.8. The quantitative estimate of drug-likeness (QED) is 0.142. The van der Waals surface area contributed by atoms with Crippen LogP contribution in [-0.4, -0.2) is 0 Å². The highest BCUT2D eigenvalue weighted by Gasteiger charge is 2.28. The van der Waals surface area contributed by atoms with Gasteiger partial charge >= 0.3 is 0 Å². The molecule has 13 aromatic rings. The van der Waals surface area contributed by atoms with Crippen LogP contribution in [0.25, 0.3) is 87.6 Å². The molecule has 0 amide bonds. The predicted octanol–water partition coefficient (Wildman–Crippen LogP) is 19.1. The number of hydrogen-bond acceptors (Lipinski definition) is 4. The van der Waals surface area contributed by atoms with E-state index in [9.17, 15) is 0 Å². The molecule has 0 aliphatic carbocycles. The summed E-state index contributed by atoms with van der Waals surface area (Å²) >= 11 is 0. The van der Waals surface area contributed by atoms with E-state index >= 15 is 0 Å². The van der Waals surface area contributed by atoms with Gasteiger partial charge in [0.1, 0.15) is 17.1 Å². The van der Waals surface area contributed by atoms with Gasteiger partial charge in [-0.1, -0.05) is 176 Å². The Labute approximate surface area is 405 Å². The topological polar surface area (TPSA) is 28.9 Å². The zero-order valence-corrected chi connectivity index (χ0v) is 38.0. The molecule has 4 nitrogen and oxygen atoms in total. The van der Waals surface area contributed by atoms with E-state index < -0.39 is 0 Å². The van der Waals surface area contributed by atoms with E-state index in [-0.39, 0.29) is 0 Å². The highest BCUT2D eigenvalue weighted by molar-refractivity contribution is 6.26. The van der Waals surface area contributed by atoms with Gasteiger partial charge in [-0.3, -0.25) is 0 Å². The Hall–Kier alpha value is -9.38. The number of nitrogens with zero attached hydrogens (tertiary/aromatic N) is 2. The first kappa shape index (κ1) is 39.8. The van der Waals surface area contributed by atoms with Crippen LogP contribution in [0.4, 0.5) is 34.1 Å². The van der Waals surface area contributed by atoms with E-state index in [4.69, 9.17) is 9.15 Å². The van der Waals surface area contributed by atoms with Crippen LogP contribution in [0, 0.1) is 0 Å². The normalized spacial score (nSPS) is 11.8. The minimum atomic E-state index is 0.797. The van der Waals surface area contributed by atoms with Crippen LogP contribution in [0.3, 0.4) is 0 Å². The maximum absolute atomic E-state index is 7.10. The van der Waals surface area contributed by atoms with E-state index in [1.165, 1.54) is 32.7 Å². The molecule has 328 valence electrons. The highest BCUT2D eigenvalue weighted by atomic mass is 16.5. The molecule has 0 spiro atoms. The number of anilines is 6. The van der Waals surface area contributed by atoms with Crippen molar-refractivity contribution >= 4 is 88.4 Å². The van der Waals surface area contributed by atoms with Crippen molar-refractivity contribution in [3.05, 3.63) is 255 Å². The Morgan fingerprint density at radius 1 is 0.271 bits per heavy atom. The van der Waals surface area contributed by atoms with Crippen LogP contribution in [0.2, 0.25) is 0 Å². The first-order chi connectivity index (χ1) is 34.7. The molecule has 0 unspecified atom stereocenters. The molecular weight excluding hydrogens is 853 g/mol. The summed E-state index contributed by atoms with van der Waals surface area (Å²) in [6.07, 6.45) is 0. The van der Waals surface area contributed by atoms with Crippen LogP contribution in [0.1, 0.15) is 0 Å². The van der Waals surface area contributed by atoms with Crippen molar-refractivity contribution in [3.8, 4) is 44.9 Å². The molecule has 0 N–H and O–H groups in total. The summed E-state index contributed by atoms with van der Waals surface area (Å²) in [7, 11) is 0. The minimum absolute atomic E-state index is 0.797. The second-order valence-corrected chi connectivity index (χ2v) is 18.0. The lowest BCUT2D eigenvalue weighted by atomic mass is 9.88. The van der Waals surface area contributed by atoms with Crippen molar-refractivity contribution in [1.82, 2.24) is 0 Å². The van der Waals surface area contributed by atoms with Gasteiger partial charge in [0.25, 0.3) is 0 Å². The van der Waals surface area contributed by atoms with Crippen LogP contribution >= 0.6 is 0 Å². The second kappa shape index (κ2) is 16.2. The minimum Gasteiger partial charge on any atom is -0.456 e. The van der Waals surface area contributed by atoms with E-state index in [1.54, 1.807) is 0 Å². The maximum atomic E-state index is 7.10. The van der Waals surface area contributed by atoms with Crippen LogP contribution < -0.4 is 14.5 Å². The van der Waals surface area contributed by atoms with Gasteiger partial charge in [-0.2, -0.15) is 0 Å². The molecule has 1 aliphatic rings. The lowest BCUT2D eigenvalue weighted by molar-refractivity contribution is 0.487. The molecule has 0 atom stereocenters. The highest BCUT2D eigenvalue weighted by Crippen LogP contribution is 2.54. The van der Waals surface area contributed by atoms with E-state index in [2.05, 4.69) is 252 Å². The van der Waals surface area contributed by atoms with Crippen molar-refractivity contribution in [3.63, 3.8) is 0 Å². The number of fused-ring (bicyclic) bond motifs is 9. The number of furan rings is 1. The Morgan fingerprint density at radius 2 is 0.857 bits per heavy atom. The number of benzene rings is 12. The number of hydrogen-bond donors (Lipinski definition) is 0. The molecule has 1 aromatic heterocycles. The molecule has 0 saturated heterocycles. The summed E-state index contributed by atoms with van der Waals surface area (Å²) in [5, 5.41) is 9.13. The number of rotatable bonds is 8. The molecule has 0 radical (unpaired) electrons. The lowest BCUT2D eigenvalue weighted by Crippen LogP contribution is -2.12.